The van der Waals surface area contributed by atoms with Gasteiger partial charge < -0.3 is 5.32 Å². The summed E-state index contributed by atoms with van der Waals surface area (Å²) in [4.78, 5) is 0. The van der Waals surface area contributed by atoms with E-state index in [9.17, 15) is 0 Å². The van der Waals surface area contributed by atoms with Crippen molar-refractivity contribution in [3.63, 3.8) is 0 Å². The number of rotatable bonds is 3. The Labute approximate surface area is 81.5 Å². The van der Waals surface area contributed by atoms with Crippen molar-refractivity contribution >= 4 is 0 Å². The van der Waals surface area contributed by atoms with E-state index in [4.69, 9.17) is 0 Å². The van der Waals surface area contributed by atoms with Crippen LogP contribution < -0.4 is 5.32 Å². The van der Waals surface area contributed by atoms with E-state index < -0.39 is 0 Å². The first-order valence-electron chi connectivity index (χ1n) is 4.60. The van der Waals surface area contributed by atoms with Crippen molar-refractivity contribution in [2.45, 2.75) is 19.4 Å². The summed E-state index contributed by atoms with van der Waals surface area (Å²) in [6.45, 7) is 8.19. The van der Waals surface area contributed by atoms with Gasteiger partial charge in [-0.15, -0.1) is 13.2 Å². The van der Waals surface area contributed by atoms with Crippen LogP contribution in [0.1, 0.15) is 24.9 Å². The summed E-state index contributed by atoms with van der Waals surface area (Å²) in [7, 11) is 2.00. The minimum Gasteiger partial charge on any atom is -0.313 e. The molecule has 0 bridgehead atoms. The number of nitrogens with one attached hydrogen (secondary N) is 1. The van der Waals surface area contributed by atoms with Crippen LogP contribution in [0.2, 0.25) is 0 Å². The van der Waals surface area contributed by atoms with Crippen LogP contribution in [0.5, 0.6) is 0 Å². The number of hydrogen-bond acceptors (Lipinski definition) is 1. The average molecular weight is 177 g/mol. The van der Waals surface area contributed by atoms with Crippen LogP contribution in [0.4, 0.5) is 0 Å². The summed E-state index contributed by atoms with van der Waals surface area (Å²) in [6, 6.07) is 11.0. The van der Waals surface area contributed by atoms with Gasteiger partial charge in [-0.25, -0.2) is 0 Å². The maximum Gasteiger partial charge on any atom is 0.0314 e. The topological polar surface area (TPSA) is 12.0 Å². The molecular formula is C12H19N. The Morgan fingerprint density at radius 2 is 1.77 bits per heavy atom. The van der Waals surface area contributed by atoms with E-state index in [1.165, 1.54) is 5.56 Å². The summed E-state index contributed by atoms with van der Waals surface area (Å²) in [5.41, 5.74) is 1.37. The zero-order valence-corrected chi connectivity index (χ0v) is 8.59. The third-order valence-electron chi connectivity index (χ3n) is 1.96. The molecular weight excluding hydrogens is 158 g/mol. The second kappa shape index (κ2) is 7.56. The minimum absolute atomic E-state index is 0.510. The quantitative estimate of drug-likeness (QED) is 0.699. The van der Waals surface area contributed by atoms with Gasteiger partial charge in [0.05, 0.1) is 0 Å². The van der Waals surface area contributed by atoms with Crippen molar-refractivity contribution in [1.82, 2.24) is 5.32 Å². The number of hydrogen-bond donors (Lipinski definition) is 1. The highest BCUT2D eigenvalue weighted by Gasteiger charge is 2.03. The van der Waals surface area contributed by atoms with E-state index in [0.29, 0.717) is 6.04 Å². The summed E-state index contributed by atoms with van der Waals surface area (Å²) in [5.74, 6) is 0. The summed E-state index contributed by atoms with van der Waals surface area (Å²) >= 11 is 0. The highest BCUT2D eigenvalue weighted by atomic mass is 14.9. The average Bonchev–Trinajstić information content (AvgIpc) is 2.24. The van der Waals surface area contributed by atoms with Crippen molar-refractivity contribution in [2.75, 3.05) is 7.05 Å². The summed E-state index contributed by atoms with van der Waals surface area (Å²) in [6.07, 6.45) is 1.14. The standard InChI is InChI=1S/C10H15N.C2H4/c1-3-10(11-2)9-7-5-4-6-8-9;1-2/h4-8,10-11H,3H2,1-2H3;1-2H2/t10-;/m0./s1. The monoisotopic (exact) mass is 177 g/mol. The van der Waals surface area contributed by atoms with Gasteiger partial charge in [-0.3, -0.25) is 0 Å². The molecule has 0 amide bonds. The maximum atomic E-state index is 3.27. The number of benzene rings is 1. The van der Waals surface area contributed by atoms with Crippen LogP contribution in [-0.2, 0) is 0 Å². The van der Waals surface area contributed by atoms with Gasteiger partial charge in [-0.1, -0.05) is 37.3 Å². The molecule has 0 unspecified atom stereocenters. The fourth-order valence-electron chi connectivity index (χ4n) is 1.29. The van der Waals surface area contributed by atoms with Gasteiger partial charge in [-0.2, -0.15) is 0 Å². The lowest BCUT2D eigenvalue weighted by Crippen LogP contribution is -2.14. The van der Waals surface area contributed by atoms with E-state index in [1.54, 1.807) is 0 Å². The Kier molecular flexibility index (Phi) is 6.93. The lowest BCUT2D eigenvalue weighted by atomic mass is 10.1. The molecule has 1 aromatic rings. The van der Waals surface area contributed by atoms with E-state index in [0.717, 1.165) is 6.42 Å². The van der Waals surface area contributed by atoms with Crippen molar-refractivity contribution in [1.29, 1.82) is 0 Å². The molecule has 72 valence electrons. The second-order valence-electron chi connectivity index (χ2n) is 2.66. The Bertz CT molecular complexity index is 202. The van der Waals surface area contributed by atoms with E-state index >= 15 is 0 Å². The van der Waals surface area contributed by atoms with E-state index in [1.807, 2.05) is 13.1 Å². The molecule has 0 fully saturated rings. The molecule has 0 saturated heterocycles. The molecule has 1 N–H and O–H groups in total. The Balaban J connectivity index is 0.000000671. The molecule has 1 aromatic carbocycles. The van der Waals surface area contributed by atoms with Crippen molar-refractivity contribution in [3.8, 4) is 0 Å². The normalized spacial score (nSPS) is 11.2. The van der Waals surface area contributed by atoms with Crippen molar-refractivity contribution in [2.24, 2.45) is 0 Å². The first-order valence-corrected chi connectivity index (χ1v) is 4.60. The van der Waals surface area contributed by atoms with Gasteiger partial charge >= 0.3 is 0 Å². The molecule has 0 aliphatic carbocycles. The lowest BCUT2D eigenvalue weighted by Gasteiger charge is -2.13. The molecule has 0 aromatic heterocycles. The van der Waals surface area contributed by atoms with Crippen LogP contribution in [0, 0.1) is 0 Å². The minimum atomic E-state index is 0.510. The predicted octanol–water partition coefficient (Wildman–Crippen LogP) is 3.16. The highest BCUT2D eigenvalue weighted by Crippen LogP contribution is 2.14. The van der Waals surface area contributed by atoms with Crippen molar-refractivity contribution in [3.05, 3.63) is 49.1 Å². The molecule has 0 spiro atoms. The van der Waals surface area contributed by atoms with E-state index in [-0.39, 0.29) is 0 Å². The fraction of sp³-hybridized carbons (Fsp3) is 0.333. The molecule has 0 radical (unpaired) electrons. The van der Waals surface area contributed by atoms with Crippen LogP contribution in [0.15, 0.2) is 43.5 Å². The Morgan fingerprint density at radius 1 is 1.23 bits per heavy atom. The third kappa shape index (κ3) is 3.90. The highest BCUT2D eigenvalue weighted by molar-refractivity contribution is 5.18. The van der Waals surface area contributed by atoms with Crippen LogP contribution in [0.25, 0.3) is 0 Å². The molecule has 1 heteroatoms. The maximum absolute atomic E-state index is 3.27. The fourth-order valence-corrected chi connectivity index (χ4v) is 1.29. The van der Waals surface area contributed by atoms with Gasteiger partial charge in [0.2, 0.25) is 0 Å². The van der Waals surface area contributed by atoms with Crippen molar-refractivity contribution < 1.29 is 0 Å². The molecule has 0 aliphatic rings. The van der Waals surface area contributed by atoms with E-state index in [2.05, 4.69) is 49.7 Å². The lowest BCUT2D eigenvalue weighted by molar-refractivity contribution is 0.577. The van der Waals surface area contributed by atoms with Crippen LogP contribution >= 0.6 is 0 Å². The predicted molar refractivity (Wildman–Crippen MR) is 59.8 cm³/mol. The van der Waals surface area contributed by atoms with Gasteiger partial charge in [-0.05, 0) is 19.0 Å². The molecule has 0 saturated carbocycles. The van der Waals surface area contributed by atoms with Gasteiger partial charge in [0.15, 0.2) is 0 Å². The molecule has 1 atom stereocenters. The third-order valence-corrected chi connectivity index (χ3v) is 1.96. The molecule has 1 nitrogen and oxygen atoms in total. The van der Waals surface area contributed by atoms with Gasteiger partial charge in [0.25, 0.3) is 0 Å². The molecule has 0 heterocycles. The largest absolute Gasteiger partial charge is 0.313 e. The Hall–Kier alpha value is -1.08. The summed E-state index contributed by atoms with van der Waals surface area (Å²) in [5, 5.41) is 3.27. The first kappa shape index (κ1) is 11.9. The SMILES string of the molecule is C=C.CC[C@H](NC)c1ccccc1. The van der Waals surface area contributed by atoms with Gasteiger partial charge in [0, 0.05) is 6.04 Å². The molecule has 13 heavy (non-hydrogen) atoms. The van der Waals surface area contributed by atoms with Crippen LogP contribution in [-0.4, -0.2) is 7.05 Å². The van der Waals surface area contributed by atoms with Crippen LogP contribution in [0.3, 0.4) is 0 Å². The first-order chi connectivity index (χ1) is 6.38. The summed E-state index contributed by atoms with van der Waals surface area (Å²) < 4.78 is 0. The zero-order chi connectivity index (χ0) is 10.1. The Morgan fingerprint density at radius 3 is 2.15 bits per heavy atom. The smallest absolute Gasteiger partial charge is 0.0314 e. The molecule has 0 aliphatic heterocycles. The molecule has 1 rings (SSSR count). The zero-order valence-electron chi connectivity index (χ0n) is 8.59. The second-order valence-corrected chi connectivity index (χ2v) is 2.66. The van der Waals surface area contributed by atoms with Gasteiger partial charge in [0.1, 0.15) is 0 Å².